The molecule has 1 atom stereocenters. The summed E-state index contributed by atoms with van der Waals surface area (Å²) in [4.78, 5) is 39.1. The van der Waals surface area contributed by atoms with Crippen LogP contribution in [0.15, 0.2) is 21.9 Å². The highest BCUT2D eigenvalue weighted by atomic mass is 32.2. The first-order valence-corrected chi connectivity index (χ1v) is 11.1. The second kappa shape index (κ2) is 7.21. The van der Waals surface area contributed by atoms with Crippen molar-refractivity contribution in [2.24, 2.45) is 5.92 Å². The van der Waals surface area contributed by atoms with Crippen molar-refractivity contribution in [3.63, 3.8) is 0 Å². The molecule has 4 amide bonds. The monoisotopic (exact) mass is 423 g/mol. The Bertz CT molecular complexity index is 880. The van der Waals surface area contributed by atoms with Crippen LogP contribution in [-0.2, 0) is 15.3 Å². The number of imide groups is 1. The summed E-state index contributed by atoms with van der Waals surface area (Å²) in [5.74, 6) is 0.148. The number of thiophene rings is 1. The van der Waals surface area contributed by atoms with Gasteiger partial charge in [0.1, 0.15) is 12.1 Å². The molecule has 4 rings (SSSR count). The number of carbonyl (C=O) groups excluding carboxylic acids is 3. The van der Waals surface area contributed by atoms with E-state index in [1.165, 1.54) is 16.2 Å². The van der Waals surface area contributed by atoms with Crippen LogP contribution in [0.25, 0.3) is 0 Å². The average Bonchev–Trinajstić information content (AvgIpc) is 3.12. The third-order valence-electron chi connectivity index (χ3n) is 4.57. The Morgan fingerprint density at radius 1 is 1.44 bits per heavy atom. The number of carbonyl (C=O) groups is 3. The largest absolute Gasteiger partial charge is 0.325 e. The second-order valence-corrected chi connectivity index (χ2v) is 9.82. The Morgan fingerprint density at radius 2 is 2.26 bits per heavy atom. The lowest BCUT2D eigenvalue weighted by Crippen LogP contribution is -2.46. The van der Waals surface area contributed by atoms with Crippen LogP contribution in [0.3, 0.4) is 0 Å². The van der Waals surface area contributed by atoms with Gasteiger partial charge in [0.05, 0.1) is 0 Å². The molecule has 2 N–H and O–H groups in total. The van der Waals surface area contributed by atoms with Crippen molar-refractivity contribution < 1.29 is 14.4 Å². The van der Waals surface area contributed by atoms with Crippen LogP contribution in [0.4, 0.5) is 9.93 Å². The average molecular weight is 424 g/mol. The Labute approximate surface area is 167 Å². The zero-order valence-electron chi connectivity index (χ0n) is 14.4. The van der Waals surface area contributed by atoms with E-state index in [1.54, 1.807) is 30.0 Å². The minimum Gasteiger partial charge on any atom is -0.323 e. The van der Waals surface area contributed by atoms with E-state index in [1.807, 2.05) is 11.4 Å². The van der Waals surface area contributed by atoms with Crippen molar-refractivity contribution >= 4 is 57.4 Å². The summed E-state index contributed by atoms with van der Waals surface area (Å²) in [6.07, 6.45) is 1.83. The Balaban J connectivity index is 1.32. The van der Waals surface area contributed by atoms with E-state index in [0.29, 0.717) is 5.13 Å². The molecular formula is C16H17N5O3S3. The molecule has 0 aromatic carbocycles. The molecular weight excluding hydrogens is 406 g/mol. The van der Waals surface area contributed by atoms with Gasteiger partial charge in [0.15, 0.2) is 4.34 Å². The maximum absolute atomic E-state index is 12.5. The molecule has 1 aliphatic carbocycles. The maximum Gasteiger partial charge on any atom is 0.325 e. The highest BCUT2D eigenvalue weighted by Gasteiger charge is 2.56. The summed E-state index contributed by atoms with van der Waals surface area (Å²) >= 11 is 4.49. The molecule has 1 saturated carbocycles. The lowest BCUT2D eigenvalue weighted by Gasteiger charge is -2.20. The number of urea groups is 1. The molecule has 1 aliphatic heterocycles. The lowest BCUT2D eigenvalue weighted by molar-refractivity contribution is -0.134. The molecule has 0 spiro atoms. The number of nitrogens with one attached hydrogen (secondary N) is 2. The highest BCUT2D eigenvalue weighted by molar-refractivity contribution is 8.00. The van der Waals surface area contributed by atoms with E-state index in [4.69, 9.17) is 0 Å². The number of aromatic nitrogens is 2. The zero-order chi connectivity index (χ0) is 19.0. The van der Waals surface area contributed by atoms with E-state index in [-0.39, 0.29) is 18.4 Å². The molecule has 3 heterocycles. The number of nitrogens with zero attached hydrogens (tertiary/aromatic N) is 3. The van der Waals surface area contributed by atoms with Crippen LogP contribution in [-0.4, -0.2) is 45.0 Å². The minimum atomic E-state index is -0.883. The Kier molecular flexibility index (Phi) is 4.91. The molecule has 1 saturated heterocycles. The van der Waals surface area contributed by atoms with Crippen LogP contribution in [0.5, 0.6) is 0 Å². The molecule has 8 nitrogen and oxygen atoms in total. The van der Waals surface area contributed by atoms with Gasteiger partial charge in [-0.2, -0.15) is 0 Å². The molecule has 2 aliphatic rings. The molecule has 2 aromatic rings. The summed E-state index contributed by atoms with van der Waals surface area (Å²) < 4.78 is 0.745. The summed E-state index contributed by atoms with van der Waals surface area (Å²) in [6.45, 7) is 1.40. The third kappa shape index (κ3) is 3.85. The minimum absolute atomic E-state index is 0.160. The summed E-state index contributed by atoms with van der Waals surface area (Å²) in [6, 6.07) is 3.53. The van der Waals surface area contributed by atoms with E-state index in [0.717, 1.165) is 27.8 Å². The van der Waals surface area contributed by atoms with Crippen molar-refractivity contribution in [3.8, 4) is 0 Å². The van der Waals surface area contributed by atoms with Crippen molar-refractivity contribution in [1.82, 2.24) is 20.4 Å². The molecule has 0 bridgehead atoms. The van der Waals surface area contributed by atoms with Crippen molar-refractivity contribution in [3.05, 3.63) is 22.4 Å². The predicted octanol–water partition coefficient (Wildman–Crippen LogP) is 2.55. The van der Waals surface area contributed by atoms with Crippen molar-refractivity contribution in [1.29, 1.82) is 0 Å². The number of anilines is 1. The normalized spacial score (nSPS) is 22.2. The standard InChI is InChI=1S/C16H17N5O3S3/c1-16(9-4-5-9)12(23)21(14(24)18-16)7-11(22)17-13-19-20-15(27-13)26-8-10-3-2-6-25-10/h2-3,6,9H,4-5,7-8H2,1H3,(H,18,24)(H,17,19,22). The molecule has 1 unspecified atom stereocenters. The number of amides is 4. The second-order valence-electron chi connectivity index (χ2n) is 6.59. The smallest absolute Gasteiger partial charge is 0.323 e. The van der Waals surface area contributed by atoms with Gasteiger partial charge in [-0.15, -0.1) is 21.5 Å². The fraction of sp³-hybridized carbons (Fsp3) is 0.438. The molecule has 2 aromatic heterocycles. The van der Waals surface area contributed by atoms with Gasteiger partial charge >= 0.3 is 6.03 Å². The fourth-order valence-electron chi connectivity index (χ4n) is 2.95. The van der Waals surface area contributed by atoms with Gasteiger partial charge in [-0.05, 0) is 37.1 Å². The van der Waals surface area contributed by atoms with E-state index in [2.05, 4.69) is 26.9 Å². The van der Waals surface area contributed by atoms with Crippen LogP contribution in [0, 0.1) is 5.92 Å². The first-order valence-electron chi connectivity index (χ1n) is 8.38. The quantitative estimate of drug-likeness (QED) is 0.403. The van der Waals surface area contributed by atoms with Crippen molar-refractivity contribution in [2.75, 3.05) is 11.9 Å². The molecule has 2 fully saturated rings. The van der Waals surface area contributed by atoms with Gasteiger partial charge in [-0.3, -0.25) is 19.8 Å². The van der Waals surface area contributed by atoms with Crippen LogP contribution >= 0.6 is 34.4 Å². The SMILES string of the molecule is CC1(C2CC2)NC(=O)N(CC(=O)Nc2nnc(SCc3cccs3)s2)C1=O. The highest BCUT2D eigenvalue weighted by Crippen LogP contribution is 2.42. The first-order chi connectivity index (χ1) is 13.0. The van der Waals surface area contributed by atoms with Crippen molar-refractivity contribution in [2.45, 2.75) is 35.4 Å². The Hall–Kier alpha value is -1.98. The number of rotatable bonds is 7. The van der Waals surface area contributed by atoms with Gasteiger partial charge < -0.3 is 5.32 Å². The molecule has 27 heavy (non-hydrogen) atoms. The molecule has 11 heteroatoms. The lowest BCUT2D eigenvalue weighted by atomic mass is 9.96. The number of thioether (sulfide) groups is 1. The van der Waals surface area contributed by atoms with Gasteiger partial charge in [0.2, 0.25) is 11.0 Å². The summed E-state index contributed by atoms with van der Waals surface area (Å²) in [5.41, 5.74) is -0.883. The maximum atomic E-state index is 12.5. The summed E-state index contributed by atoms with van der Waals surface area (Å²) in [5, 5.41) is 15.7. The number of hydrogen-bond acceptors (Lipinski definition) is 8. The third-order valence-corrected chi connectivity index (χ3v) is 7.65. The predicted molar refractivity (Wildman–Crippen MR) is 104 cm³/mol. The number of hydrogen-bond donors (Lipinski definition) is 2. The van der Waals surface area contributed by atoms with Gasteiger partial charge in [0.25, 0.3) is 5.91 Å². The van der Waals surface area contributed by atoms with Gasteiger partial charge in [-0.1, -0.05) is 29.2 Å². The van der Waals surface area contributed by atoms with Crippen LogP contribution in [0.2, 0.25) is 0 Å². The van der Waals surface area contributed by atoms with Gasteiger partial charge in [-0.25, -0.2) is 4.79 Å². The Morgan fingerprint density at radius 3 is 2.96 bits per heavy atom. The topological polar surface area (TPSA) is 104 Å². The van der Waals surface area contributed by atoms with E-state index < -0.39 is 17.5 Å². The van der Waals surface area contributed by atoms with Crippen LogP contribution < -0.4 is 10.6 Å². The van der Waals surface area contributed by atoms with Crippen LogP contribution in [0.1, 0.15) is 24.6 Å². The summed E-state index contributed by atoms with van der Waals surface area (Å²) in [7, 11) is 0. The molecule has 0 radical (unpaired) electrons. The van der Waals surface area contributed by atoms with Gasteiger partial charge in [0, 0.05) is 10.6 Å². The first kappa shape index (κ1) is 18.4. The molecule has 142 valence electrons. The van der Waals surface area contributed by atoms with E-state index in [9.17, 15) is 14.4 Å². The fourth-order valence-corrected chi connectivity index (χ4v) is 5.49. The zero-order valence-corrected chi connectivity index (χ0v) is 16.9. The van der Waals surface area contributed by atoms with E-state index >= 15 is 0 Å².